The molecule has 1 atom stereocenters. The molecule has 7 heteroatoms. The van der Waals surface area contributed by atoms with Crippen molar-refractivity contribution in [3.05, 3.63) is 23.8 Å². The number of methoxy groups -OCH3 is 1. The van der Waals surface area contributed by atoms with Gasteiger partial charge in [-0.05, 0) is 31.5 Å². The summed E-state index contributed by atoms with van der Waals surface area (Å²) in [5.41, 5.74) is 0.143. The molecule has 0 aliphatic carbocycles. The number of hydrogen-bond acceptors (Lipinski definition) is 4. The molecular formula is C12H16ClNO4S. The summed E-state index contributed by atoms with van der Waals surface area (Å²) in [6.45, 7) is 3.79. The highest BCUT2D eigenvalue weighted by atomic mass is 35.7. The Kier molecular flexibility index (Phi) is 5.20. The number of hydrogen-bond donors (Lipinski definition) is 1. The largest absolute Gasteiger partial charge is 0.496 e. The Morgan fingerprint density at radius 1 is 1.47 bits per heavy atom. The quantitative estimate of drug-likeness (QED) is 0.846. The Morgan fingerprint density at radius 3 is 2.58 bits per heavy atom. The molecule has 106 valence electrons. The van der Waals surface area contributed by atoms with E-state index in [0.29, 0.717) is 5.75 Å². The summed E-state index contributed by atoms with van der Waals surface area (Å²) in [5, 5.41) is 2.74. The maximum absolute atomic E-state index is 12.0. The van der Waals surface area contributed by atoms with Crippen LogP contribution in [0, 0.1) is 0 Å². The van der Waals surface area contributed by atoms with Gasteiger partial charge in [-0.3, -0.25) is 4.79 Å². The molecule has 0 radical (unpaired) electrons. The van der Waals surface area contributed by atoms with Gasteiger partial charge in [-0.2, -0.15) is 0 Å². The molecule has 0 bridgehead atoms. The SMILES string of the molecule is CCC(C)NC(=O)c1cc(S(=O)(=O)Cl)ccc1OC. The van der Waals surface area contributed by atoms with Crippen LogP contribution >= 0.6 is 10.7 Å². The molecule has 1 aromatic carbocycles. The van der Waals surface area contributed by atoms with Crippen molar-refractivity contribution in [2.45, 2.75) is 31.2 Å². The van der Waals surface area contributed by atoms with Gasteiger partial charge in [-0.1, -0.05) is 6.92 Å². The Hall–Kier alpha value is -1.27. The highest BCUT2D eigenvalue weighted by Crippen LogP contribution is 2.24. The van der Waals surface area contributed by atoms with Crippen LogP contribution in [0.1, 0.15) is 30.6 Å². The van der Waals surface area contributed by atoms with Crippen molar-refractivity contribution in [2.75, 3.05) is 7.11 Å². The van der Waals surface area contributed by atoms with E-state index in [-0.39, 0.29) is 16.5 Å². The van der Waals surface area contributed by atoms with Crippen LogP contribution in [0.4, 0.5) is 0 Å². The van der Waals surface area contributed by atoms with Gasteiger partial charge in [0.2, 0.25) is 0 Å². The molecule has 0 saturated heterocycles. The highest BCUT2D eigenvalue weighted by molar-refractivity contribution is 8.13. The Balaban J connectivity index is 3.20. The molecule has 1 unspecified atom stereocenters. The zero-order valence-electron chi connectivity index (χ0n) is 10.9. The van der Waals surface area contributed by atoms with E-state index in [0.717, 1.165) is 6.42 Å². The van der Waals surface area contributed by atoms with E-state index >= 15 is 0 Å². The predicted octanol–water partition coefficient (Wildman–Crippen LogP) is 2.15. The summed E-state index contributed by atoms with van der Waals surface area (Å²) in [6.07, 6.45) is 0.765. The molecular weight excluding hydrogens is 290 g/mol. The molecule has 0 aliphatic heterocycles. The smallest absolute Gasteiger partial charge is 0.261 e. The van der Waals surface area contributed by atoms with Crippen LogP contribution in [-0.4, -0.2) is 27.5 Å². The standard InChI is InChI=1S/C12H16ClNO4S/c1-4-8(2)14-12(15)10-7-9(19(13,16)17)5-6-11(10)18-3/h5-8H,4H2,1-3H3,(H,14,15). The molecule has 0 aromatic heterocycles. The molecule has 0 saturated carbocycles. The fourth-order valence-corrected chi connectivity index (χ4v) is 2.20. The van der Waals surface area contributed by atoms with E-state index in [2.05, 4.69) is 5.32 Å². The van der Waals surface area contributed by atoms with Crippen molar-refractivity contribution in [2.24, 2.45) is 0 Å². The number of halogens is 1. The molecule has 1 N–H and O–H groups in total. The first-order valence-corrected chi connectivity index (χ1v) is 8.04. The summed E-state index contributed by atoms with van der Waals surface area (Å²) < 4.78 is 27.6. The van der Waals surface area contributed by atoms with Crippen LogP contribution in [-0.2, 0) is 9.05 Å². The monoisotopic (exact) mass is 305 g/mol. The van der Waals surface area contributed by atoms with Gasteiger partial charge in [0.05, 0.1) is 17.6 Å². The van der Waals surface area contributed by atoms with Crippen LogP contribution in [0.2, 0.25) is 0 Å². The van der Waals surface area contributed by atoms with Gasteiger partial charge in [-0.25, -0.2) is 8.42 Å². The Morgan fingerprint density at radius 2 is 2.11 bits per heavy atom. The number of ether oxygens (including phenoxy) is 1. The van der Waals surface area contributed by atoms with E-state index in [1.165, 1.54) is 25.3 Å². The Bertz CT molecular complexity index is 571. The third-order valence-electron chi connectivity index (χ3n) is 2.69. The average molecular weight is 306 g/mol. The van der Waals surface area contributed by atoms with Crippen molar-refractivity contribution in [1.29, 1.82) is 0 Å². The van der Waals surface area contributed by atoms with Gasteiger partial charge >= 0.3 is 0 Å². The zero-order valence-corrected chi connectivity index (χ0v) is 12.5. The normalized spacial score (nSPS) is 12.8. The summed E-state index contributed by atoms with van der Waals surface area (Å²) in [7, 11) is 2.79. The summed E-state index contributed by atoms with van der Waals surface area (Å²) >= 11 is 0. The molecule has 1 aromatic rings. The first-order chi connectivity index (χ1) is 8.79. The van der Waals surface area contributed by atoms with Gasteiger partial charge in [0.1, 0.15) is 5.75 Å². The molecule has 0 fully saturated rings. The van der Waals surface area contributed by atoms with Gasteiger partial charge in [0.25, 0.3) is 15.0 Å². The minimum Gasteiger partial charge on any atom is -0.496 e. The molecule has 0 aliphatic rings. The third-order valence-corrected chi connectivity index (χ3v) is 4.04. The van der Waals surface area contributed by atoms with Gasteiger partial charge < -0.3 is 10.1 Å². The fourth-order valence-electron chi connectivity index (χ4n) is 1.42. The third kappa shape index (κ3) is 4.11. The number of benzene rings is 1. The van der Waals surface area contributed by atoms with E-state index in [9.17, 15) is 13.2 Å². The summed E-state index contributed by atoms with van der Waals surface area (Å²) in [6, 6.07) is 3.88. The molecule has 0 heterocycles. The summed E-state index contributed by atoms with van der Waals surface area (Å²) in [5.74, 6) is -0.0989. The second-order valence-corrected chi connectivity index (χ2v) is 6.65. The lowest BCUT2D eigenvalue weighted by Gasteiger charge is -2.14. The first kappa shape index (κ1) is 15.8. The van der Waals surface area contributed by atoms with E-state index in [4.69, 9.17) is 15.4 Å². The van der Waals surface area contributed by atoms with E-state index in [1.54, 1.807) is 0 Å². The van der Waals surface area contributed by atoms with Crippen LogP contribution < -0.4 is 10.1 Å². The number of carbonyl (C=O) groups excluding carboxylic acids is 1. The number of rotatable bonds is 5. The maximum Gasteiger partial charge on any atom is 0.261 e. The van der Waals surface area contributed by atoms with E-state index in [1.807, 2.05) is 13.8 Å². The topological polar surface area (TPSA) is 72.5 Å². The highest BCUT2D eigenvalue weighted by Gasteiger charge is 2.18. The maximum atomic E-state index is 12.0. The molecule has 1 rings (SSSR count). The lowest BCUT2D eigenvalue weighted by atomic mass is 10.1. The van der Waals surface area contributed by atoms with Crippen LogP contribution in [0.3, 0.4) is 0 Å². The zero-order chi connectivity index (χ0) is 14.6. The first-order valence-electron chi connectivity index (χ1n) is 5.73. The van der Waals surface area contributed by atoms with Crippen LogP contribution in [0.5, 0.6) is 5.75 Å². The minimum atomic E-state index is -3.88. The lowest BCUT2D eigenvalue weighted by molar-refractivity contribution is 0.0936. The van der Waals surface area contributed by atoms with Crippen molar-refractivity contribution in [3.63, 3.8) is 0 Å². The number of amides is 1. The second-order valence-electron chi connectivity index (χ2n) is 4.08. The molecule has 5 nitrogen and oxygen atoms in total. The number of carbonyl (C=O) groups is 1. The predicted molar refractivity (Wildman–Crippen MR) is 73.3 cm³/mol. The van der Waals surface area contributed by atoms with Gasteiger partial charge in [-0.15, -0.1) is 0 Å². The summed E-state index contributed by atoms with van der Waals surface area (Å²) in [4.78, 5) is 11.9. The van der Waals surface area contributed by atoms with Crippen molar-refractivity contribution in [1.82, 2.24) is 5.32 Å². The molecule has 19 heavy (non-hydrogen) atoms. The van der Waals surface area contributed by atoms with Gasteiger partial charge in [0, 0.05) is 16.7 Å². The second kappa shape index (κ2) is 6.25. The fraction of sp³-hybridized carbons (Fsp3) is 0.417. The van der Waals surface area contributed by atoms with E-state index < -0.39 is 15.0 Å². The van der Waals surface area contributed by atoms with Crippen LogP contribution in [0.25, 0.3) is 0 Å². The van der Waals surface area contributed by atoms with Gasteiger partial charge in [0.15, 0.2) is 0 Å². The lowest BCUT2D eigenvalue weighted by Crippen LogP contribution is -2.32. The van der Waals surface area contributed by atoms with Crippen molar-refractivity contribution >= 4 is 25.6 Å². The van der Waals surface area contributed by atoms with Crippen molar-refractivity contribution in [3.8, 4) is 5.75 Å². The Labute approximate surface area is 117 Å². The molecule has 0 spiro atoms. The number of nitrogens with one attached hydrogen (secondary N) is 1. The van der Waals surface area contributed by atoms with Crippen molar-refractivity contribution < 1.29 is 17.9 Å². The minimum absolute atomic E-state index is 0.0199. The average Bonchev–Trinajstić information content (AvgIpc) is 2.36. The van der Waals surface area contributed by atoms with Crippen LogP contribution in [0.15, 0.2) is 23.1 Å². The molecule has 1 amide bonds.